The van der Waals surface area contributed by atoms with Gasteiger partial charge in [0.1, 0.15) is 11.3 Å². The Morgan fingerprint density at radius 2 is 2.16 bits per heavy atom. The second-order valence-electron chi connectivity index (χ2n) is 7.19. The molecule has 6 heteroatoms. The minimum atomic E-state index is 0.184. The fourth-order valence-electron chi connectivity index (χ4n) is 4.31. The molecule has 2 aliphatic rings. The van der Waals surface area contributed by atoms with Gasteiger partial charge in [-0.2, -0.15) is 0 Å². The molecule has 1 saturated heterocycles. The molecule has 0 radical (unpaired) electrons. The van der Waals surface area contributed by atoms with Gasteiger partial charge >= 0.3 is 0 Å². The molecule has 0 N–H and O–H groups in total. The van der Waals surface area contributed by atoms with Crippen LogP contribution in [0.2, 0.25) is 0 Å². The number of fused-ring (bicyclic) bond motifs is 1. The minimum absolute atomic E-state index is 0.184. The van der Waals surface area contributed by atoms with Crippen LogP contribution in [0, 0.1) is 0 Å². The van der Waals surface area contributed by atoms with Gasteiger partial charge in [-0.05, 0) is 31.4 Å². The summed E-state index contributed by atoms with van der Waals surface area (Å²) in [5.41, 5.74) is 1.95. The van der Waals surface area contributed by atoms with Crippen LogP contribution in [0.1, 0.15) is 56.3 Å². The van der Waals surface area contributed by atoms with Gasteiger partial charge in [-0.25, -0.2) is 9.97 Å². The summed E-state index contributed by atoms with van der Waals surface area (Å²) in [6.45, 7) is 2.05. The summed E-state index contributed by atoms with van der Waals surface area (Å²) >= 11 is 0. The number of aromatic nitrogens is 3. The number of methoxy groups -OCH3 is 1. The first-order chi connectivity index (χ1) is 12.3. The number of rotatable bonds is 5. The van der Waals surface area contributed by atoms with E-state index >= 15 is 0 Å². The molecular formula is C19H26N4O2. The summed E-state index contributed by atoms with van der Waals surface area (Å²) in [5, 5.41) is 0. The standard InChI is InChI=1S/C19H26N4O2/c1-25-12-9-17(24)22-11-8-15(13-22)23-18(14-5-2-3-6-14)21-16-7-4-10-20-19(16)23/h4,7,10,14-15H,2-3,5-6,8-9,11-13H2,1H3/t15-/m0/s1. The van der Waals surface area contributed by atoms with Gasteiger partial charge in [0.05, 0.1) is 19.1 Å². The Balaban J connectivity index is 1.62. The molecule has 1 atom stereocenters. The number of hydrogen-bond donors (Lipinski definition) is 0. The maximum absolute atomic E-state index is 12.3. The molecule has 1 saturated carbocycles. The second-order valence-corrected chi connectivity index (χ2v) is 7.19. The Morgan fingerprint density at radius 1 is 1.32 bits per heavy atom. The molecule has 0 aromatic carbocycles. The third-order valence-corrected chi connectivity index (χ3v) is 5.60. The Hall–Kier alpha value is -1.95. The van der Waals surface area contributed by atoms with Crippen LogP contribution in [0.15, 0.2) is 18.3 Å². The summed E-state index contributed by atoms with van der Waals surface area (Å²) in [7, 11) is 1.64. The molecule has 1 amide bonds. The van der Waals surface area contributed by atoms with E-state index in [2.05, 4.69) is 9.55 Å². The molecule has 6 nitrogen and oxygen atoms in total. The van der Waals surface area contributed by atoms with Crippen molar-refractivity contribution in [2.75, 3.05) is 26.8 Å². The van der Waals surface area contributed by atoms with Gasteiger partial charge in [-0.15, -0.1) is 0 Å². The Kier molecular flexibility index (Phi) is 4.70. The van der Waals surface area contributed by atoms with E-state index in [0.717, 1.165) is 30.7 Å². The van der Waals surface area contributed by atoms with Crippen LogP contribution < -0.4 is 0 Å². The number of likely N-dealkylation sites (tertiary alicyclic amines) is 1. The fourth-order valence-corrected chi connectivity index (χ4v) is 4.31. The van der Waals surface area contributed by atoms with Gasteiger partial charge in [-0.3, -0.25) is 4.79 Å². The number of ether oxygens (including phenoxy) is 1. The summed E-state index contributed by atoms with van der Waals surface area (Å²) in [6, 6.07) is 4.28. The Morgan fingerprint density at radius 3 is 2.96 bits per heavy atom. The highest BCUT2D eigenvalue weighted by Gasteiger charge is 2.32. The number of carbonyl (C=O) groups is 1. The zero-order valence-corrected chi connectivity index (χ0v) is 14.9. The number of pyridine rings is 1. The van der Waals surface area contributed by atoms with Gasteiger partial charge in [-0.1, -0.05) is 12.8 Å². The lowest BCUT2D eigenvalue weighted by atomic mass is 10.1. The zero-order valence-electron chi connectivity index (χ0n) is 14.9. The molecule has 0 bridgehead atoms. The Labute approximate surface area is 148 Å². The summed E-state index contributed by atoms with van der Waals surface area (Å²) < 4.78 is 7.38. The molecule has 2 aromatic rings. The number of nitrogens with zero attached hydrogens (tertiary/aromatic N) is 4. The molecule has 134 valence electrons. The average molecular weight is 342 g/mol. The van der Waals surface area contributed by atoms with Crippen LogP contribution in [0.3, 0.4) is 0 Å². The minimum Gasteiger partial charge on any atom is -0.384 e. The van der Waals surface area contributed by atoms with Crippen molar-refractivity contribution in [2.24, 2.45) is 0 Å². The van der Waals surface area contributed by atoms with E-state index in [1.807, 2.05) is 23.2 Å². The molecule has 25 heavy (non-hydrogen) atoms. The van der Waals surface area contributed by atoms with Gasteiger partial charge in [0.2, 0.25) is 5.91 Å². The van der Waals surface area contributed by atoms with Gasteiger partial charge < -0.3 is 14.2 Å². The predicted octanol–water partition coefficient (Wildman–Crippen LogP) is 2.90. The van der Waals surface area contributed by atoms with Crippen molar-refractivity contribution < 1.29 is 9.53 Å². The molecule has 1 aliphatic heterocycles. The molecule has 1 aliphatic carbocycles. The summed E-state index contributed by atoms with van der Waals surface area (Å²) in [5.74, 6) is 1.90. The van der Waals surface area contributed by atoms with Crippen molar-refractivity contribution in [3.8, 4) is 0 Å². The molecule has 2 aromatic heterocycles. The normalized spacial score (nSPS) is 21.5. The van der Waals surface area contributed by atoms with E-state index in [4.69, 9.17) is 9.72 Å². The van der Waals surface area contributed by atoms with Crippen molar-refractivity contribution in [1.82, 2.24) is 19.4 Å². The summed E-state index contributed by atoms with van der Waals surface area (Å²) in [4.78, 5) is 23.8. The number of carbonyl (C=O) groups excluding carboxylic acids is 1. The molecular weight excluding hydrogens is 316 g/mol. The Bertz CT molecular complexity index is 751. The first-order valence-corrected chi connectivity index (χ1v) is 9.37. The van der Waals surface area contributed by atoms with E-state index in [1.165, 1.54) is 31.5 Å². The molecule has 4 rings (SSSR count). The summed E-state index contributed by atoms with van der Waals surface area (Å²) in [6.07, 6.45) is 8.28. The van der Waals surface area contributed by atoms with E-state index in [9.17, 15) is 4.79 Å². The lowest BCUT2D eigenvalue weighted by molar-refractivity contribution is -0.131. The van der Waals surface area contributed by atoms with E-state index in [1.54, 1.807) is 7.11 Å². The van der Waals surface area contributed by atoms with E-state index in [-0.39, 0.29) is 11.9 Å². The predicted molar refractivity (Wildman–Crippen MR) is 95.5 cm³/mol. The SMILES string of the molecule is COCCC(=O)N1CC[C@H](n2c(C3CCCC3)nc3cccnc32)C1. The largest absolute Gasteiger partial charge is 0.384 e. The first kappa shape index (κ1) is 16.5. The van der Waals surface area contributed by atoms with Gasteiger partial charge in [0.15, 0.2) is 5.65 Å². The van der Waals surface area contributed by atoms with Crippen LogP contribution in [0.4, 0.5) is 0 Å². The molecule has 0 spiro atoms. The van der Waals surface area contributed by atoms with Gasteiger partial charge in [0, 0.05) is 32.3 Å². The monoisotopic (exact) mass is 342 g/mol. The highest BCUT2D eigenvalue weighted by molar-refractivity contribution is 5.77. The first-order valence-electron chi connectivity index (χ1n) is 9.37. The molecule has 3 heterocycles. The van der Waals surface area contributed by atoms with Crippen LogP contribution >= 0.6 is 0 Å². The molecule has 0 unspecified atom stereocenters. The van der Waals surface area contributed by atoms with Crippen LogP contribution in [-0.4, -0.2) is 52.1 Å². The number of imidazole rings is 1. The van der Waals surface area contributed by atoms with Crippen molar-refractivity contribution >= 4 is 17.1 Å². The van der Waals surface area contributed by atoms with E-state index in [0.29, 0.717) is 18.9 Å². The number of amides is 1. The average Bonchev–Trinajstić information content (AvgIpc) is 3.37. The highest BCUT2D eigenvalue weighted by atomic mass is 16.5. The van der Waals surface area contributed by atoms with Crippen molar-refractivity contribution in [1.29, 1.82) is 0 Å². The quantitative estimate of drug-likeness (QED) is 0.838. The van der Waals surface area contributed by atoms with Crippen LogP contribution in [-0.2, 0) is 9.53 Å². The molecule has 2 fully saturated rings. The zero-order chi connectivity index (χ0) is 17.2. The number of hydrogen-bond acceptors (Lipinski definition) is 4. The third kappa shape index (κ3) is 3.15. The van der Waals surface area contributed by atoms with Gasteiger partial charge in [0.25, 0.3) is 0 Å². The lowest BCUT2D eigenvalue weighted by Crippen LogP contribution is -2.30. The smallest absolute Gasteiger partial charge is 0.224 e. The van der Waals surface area contributed by atoms with Crippen molar-refractivity contribution in [3.05, 3.63) is 24.2 Å². The van der Waals surface area contributed by atoms with Crippen LogP contribution in [0.25, 0.3) is 11.2 Å². The van der Waals surface area contributed by atoms with Crippen LogP contribution in [0.5, 0.6) is 0 Å². The van der Waals surface area contributed by atoms with E-state index < -0.39 is 0 Å². The third-order valence-electron chi connectivity index (χ3n) is 5.60. The maximum atomic E-state index is 12.3. The fraction of sp³-hybridized carbons (Fsp3) is 0.632. The second kappa shape index (κ2) is 7.12. The highest BCUT2D eigenvalue weighted by Crippen LogP contribution is 2.37. The lowest BCUT2D eigenvalue weighted by Gasteiger charge is -2.20. The maximum Gasteiger partial charge on any atom is 0.224 e. The van der Waals surface area contributed by atoms with Crippen molar-refractivity contribution in [2.45, 2.75) is 50.5 Å². The topological polar surface area (TPSA) is 60.2 Å². The van der Waals surface area contributed by atoms with Crippen molar-refractivity contribution in [3.63, 3.8) is 0 Å².